The van der Waals surface area contributed by atoms with Crippen LogP contribution in [0, 0.1) is 17.2 Å². The van der Waals surface area contributed by atoms with Gasteiger partial charge in [-0.2, -0.15) is 5.26 Å². The average Bonchev–Trinajstić information content (AvgIpc) is 2.93. The van der Waals surface area contributed by atoms with Crippen molar-refractivity contribution in [2.45, 2.75) is 44.6 Å². The molecule has 6 heteroatoms. The second-order valence-electron chi connectivity index (χ2n) is 6.73. The van der Waals surface area contributed by atoms with E-state index < -0.39 is 0 Å². The molecule has 2 atom stereocenters. The van der Waals surface area contributed by atoms with E-state index in [1.807, 2.05) is 0 Å². The summed E-state index contributed by atoms with van der Waals surface area (Å²) >= 11 is 0. The van der Waals surface area contributed by atoms with Gasteiger partial charge in [-0.1, -0.05) is 19.8 Å². The molecule has 0 aromatic heterocycles. The highest BCUT2D eigenvalue weighted by molar-refractivity contribution is 5.89. The lowest BCUT2D eigenvalue weighted by atomic mass is 9.72. The van der Waals surface area contributed by atoms with Gasteiger partial charge >= 0.3 is 0 Å². The molecule has 2 amide bonds. The molecule has 1 saturated carbocycles. The van der Waals surface area contributed by atoms with Gasteiger partial charge in [0, 0.05) is 5.69 Å². The van der Waals surface area contributed by atoms with Crippen molar-refractivity contribution < 1.29 is 9.59 Å². The summed E-state index contributed by atoms with van der Waals surface area (Å²) in [5.74, 6) is 0.110. The Labute approximate surface area is 141 Å². The van der Waals surface area contributed by atoms with E-state index in [1.54, 1.807) is 29.3 Å². The van der Waals surface area contributed by atoms with Gasteiger partial charge in [0.15, 0.2) is 0 Å². The Hall–Kier alpha value is -2.55. The summed E-state index contributed by atoms with van der Waals surface area (Å²) in [5.41, 5.74) is 3.74. The molecule has 0 unspecified atom stereocenters. The van der Waals surface area contributed by atoms with E-state index in [0.29, 0.717) is 17.9 Å². The predicted octanol–water partition coefficient (Wildman–Crippen LogP) is 2.18. The minimum atomic E-state index is -0.376. The second-order valence-corrected chi connectivity index (χ2v) is 6.73. The van der Waals surface area contributed by atoms with Crippen molar-refractivity contribution in [3.63, 3.8) is 0 Å². The Morgan fingerprint density at radius 1 is 1.42 bits per heavy atom. The normalized spacial score (nSPS) is 26.1. The van der Waals surface area contributed by atoms with Gasteiger partial charge in [0.05, 0.1) is 30.1 Å². The molecule has 3 rings (SSSR count). The third-order valence-corrected chi connectivity index (χ3v) is 5.27. The van der Waals surface area contributed by atoms with E-state index in [-0.39, 0.29) is 23.9 Å². The largest absolute Gasteiger partial charge is 0.376 e. The summed E-state index contributed by atoms with van der Waals surface area (Å²) in [7, 11) is 0. The van der Waals surface area contributed by atoms with Crippen molar-refractivity contribution in [3.8, 4) is 6.07 Å². The van der Waals surface area contributed by atoms with Gasteiger partial charge in [0.25, 0.3) is 5.91 Å². The fourth-order valence-corrected chi connectivity index (χ4v) is 3.85. The van der Waals surface area contributed by atoms with Crippen LogP contribution in [0.3, 0.4) is 0 Å². The first kappa shape index (κ1) is 16.3. The second kappa shape index (κ2) is 6.52. The van der Waals surface area contributed by atoms with Crippen molar-refractivity contribution in [1.29, 1.82) is 5.26 Å². The summed E-state index contributed by atoms with van der Waals surface area (Å²) in [6.45, 7) is 2.24. The number of nitrogens with one attached hydrogen (secondary N) is 2. The predicted molar refractivity (Wildman–Crippen MR) is 89.6 cm³/mol. The molecule has 0 bridgehead atoms. The summed E-state index contributed by atoms with van der Waals surface area (Å²) in [6, 6.07) is 9.01. The number of rotatable bonds is 3. The van der Waals surface area contributed by atoms with Crippen LogP contribution >= 0.6 is 0 Å². The Morgan fingerprint density at radius 3 is 2.83 bits per heavy atom. The van der Waals surface area contributed by atoms with Gasteiger partial charge in [-0.05, 0) is 43.0 Å². The van der Waals surface area contributed by atoms with Gasteiger partial charge in [0.1, 0.15) is 0 Å². The van der Waals surface area contributed by atoms with Crippen LogP contribution in [0.2, 0.25) is 0 Å². The minimum absolute atomic E-state index is 0.0736. The van der Waals surface area contributed by atoms with Crippen molar-refractivity contribution in [1.82, 2.24) is 10.4 Å². The number of hydrogen-bond donors (Lipinski definition) is 2. The van der Waals surface area contributed by atoms with Gasteiger partial charge < -0.3 is 5.32 Å². The number of hydrazine groups is 1. The molecule has 0 radical (unpaired) electrons. The number of nitrogens with zero attached hydrogens (tertiary/aromatic N) is 2. The molecule has 2 aliphatic rings. The lowest BCUT2D eigenvalue weighted by Gasteiger charge is -2.44. The van der Waals surface area contributed by atoms with Crippen LogP contribution in [0.1, 0.15) is 44.6 Å². The van der Waals surface area contributed by atoms with Crippen molar-refractivity contribution in [2.75, 3.05) is 11.9 Å². The van der Waals surface area contributed by atoms with Crippen LogP contribution in [0.5, 0.6) is 0 Å². The molecule has 1 heterocycles. The number of benzene rings is 1. The molecule has 1 aliphatic heterocycles. The van der Waals surface area contributed by atoms with E-state index in [1.165, 1.54) is 0 Å². The van der Waals surface area contributed by atoms with E-state index in [0.717, 1.165) is 31.4 Å². The summed E-state index contributed by atoms with van der Waals surface area (Å²) < 4.78 is 0. The summed E-state index contributed by atoms with van der Waals surface area (Å²) in [4.78, 5) is 24.7. The third-order valence-electron chi connectivity index (χ3n) is 5.27. The first-order valence-electron chi connectivity index (χ1n) is 8.42. The third kappa shape index (κ3) is 2.94. The van der Waals surface area contributed by atoms with Crippen molar-refractivity contribution >= 4 is 17.5 Å². The standard InChI is InChI=1S/C18H22N4O2/c1-13-4-2-3-9-18(13)10-16(23)21-22(18)17(24)12-20-15-7-5-14(11-19)6-8-15/h5-8,13,20H,2-4,9-10,12H2,1H3,(H,21,23)/t13-,18+/m0/s1. The highest BCUT2D eigenvalue weighted by Gasteiger charge is 2.51. The first-order valence-corrected chi connectivity index (χ1v) is 8.42. The van der Waals surface area contributed by atoms with Gasteiger partial charge in [-0.25, -0.2) is 5.01 Å². The Morgan fingerprint density at radius 2 is 2.17 bits per heavy atom. The molecule has 24 heavy (non-hydrogen) atoms. The van der Waals surface area contributed by atoms with Crippen LogP contribution in [-0.2, 0) is 9.59 Å². The maximum atomic E-state index is 12.7. The number of anilines is 1. The molecule has 1 aromatic carbocycles. The number of amides is 2. The molecular formula is C18H22N4O2. The molecular weight excluding hydrogens is 304 g/mol. The molecule has 2 fully saturated rings. The zero-order valence-electron chi connectivity index (χ0n) is 13.8. The maximum Gasteiger partial charge on any atom is 0.260 e. The number of carbonyl (C=O) groups excluding carboxylic acids is 2. The first-order chi connectivity index (χ1) is 11.5. The fraction of sp³-hybridized carbons (Fsp3) is 0.500. The molecule has 2 N–H and O–H groups in total. The van der Waals surface area contributed by atoms with Gasteiger partial charge in [-0.15, -0.1) is 0 Å². The van der Waals surface area contributed by atoms with E-state index in [2.05, 4.69) is 23.7 Å². The highest BCUT2D eigenvalue weighted by Crippen LogP contribution is 2.42. The minimum Gasteiger partial charge on any atom is -0.376 e. The van der Waals surface area contributed by atoms with Crippen molar-refractivity contribution in [2.24, 2.45) is 5.92 Å². The number of hydrogen-bond acceptors (Lipinski definition) is 4. The SMILES string of the molecule is C[C@H]1CCCC[C@@]12CC(=O)NN2C(=O)CNc1ccc(C#N)cc1. The lowest BCUT2D eigenvalue weighted by Crippen LogP contribution is -2.57. The Bertz CT molecular complexity index is 679. The zero-order valence-corrected chi connectivity index (χ0v) is 13.8. The van der Waals surface area contributed by atoms with Crippen LogP contribution < -0.4 is 10.7 Å². The Balaban J connectivity index is 1.68. The van der Waals surface area contributed by atoms with Crippen LogP contribution in [-0.4, -0.2) is 28.9 Å². The van der Waals surface area contributed by atoms with Crippen LogP contribution in [0.4, 0.5) is 5.69 Å². The number of nitriles is 1. The molecule has 1 saturated heterocycles. The van der Waals surface area contributed by atoms with Crippen LogP contribution in [0.25, 0.3) is 0 Å². The molecule has 6 nitrogen and oxygen atoms in total. The molecule has 1 aromatic rings. The van der Waals surface area contributed by atoms with E-state index in [4.69, 9.17) is 5.26 Å². The Kier molecular flexibility index (Phi) is 4.43. The molecule has 1 aliphatic carbocycles. The quantitative estimate of drug-likeness (QED) is 0.891. The maximum absolute atomic E-state index is 12.7. The average molecular weight is 326 g/mol. The van der Waals surface area contributed by atoms with Crippen molar-refractivity contribution in [3.05, 3.63) is 29.8 Å². The monoisotopic (exact) mass is 326 g/mol. The van der Waals surface area contributed by atoms with E-state index in [9.17, 15) is 9.59 Å². The zero-order chi connectivity index (χ0) is 17.2. The fourth-order valence-electron chi connectivity index (χ4n) is 3.85. The summed E-state index contributed by atoms with van der Waals surface area (Å²) in [6.07, 6.45) is 4.52. The van der Waals surface area contributed by atoms with Gasteiger partial charge in [-0.3, -0.25) is 15.0 Å². The molecule has 126 valence electrons. The smallest absolute Gasteiger partial charge is 0.260 e. The topological polar surface area (TPSA) is 85.2 Å². The lowest BCUT2D eigenvalue weighted by molar-refractivity contribution is -0.142. The number of carbonyl (C=O) groups is 2. The highest BCUT2D eigenvalue weighted by atomic mass is 16.2. The van der Waals surface area contributed by atoms with E-state index >= 15 is 0 Å². The molecule has 1 spiro atoms. The summed E-state index contributed by atoms with van der Waals surface area (Å²) in [5, 5.41) is 13.5. The van der Waals surface area contributed by atoms with Gasteiger partial charge in [0.2, 0.25) is 5.91 Å². The van der Waals surface area contributed by atoms with Crippen LogP contribution in [0.15, 0.2) is 24.3 Å².